The smallest absolute Gasteiger partial charge is 0.426 e. The second-order valence-corrected chi connectivity index (χ2v) is 2.58. The Morgan fingerprint density at radius 2 is 2.21 bits per heavy atom. The Hall–Kier alpha value is -0.845. The van der Waals surface area contributed by atoms with Crippen LogP contribution in [-0.2, 0) is 4.79 Å². The molecule has 1 rings (SSSR count). The van der Waals surface area contributed by atoms with Gasteiger partial charge in [0.2, 0.25) is 5.91 Å². The van der Waals surface area contributed by atoms with Crippen molar-refractivity contribution in [2.45, 2.75) is 19.8 Å². The van der Waals surface area contributed by atoms with E-state index in [2.05, 4.69) is 0 Å². The predicted molar refractivity (Wildman–Crippen MR) is 55.2 cm³/mol. The van der Waals surface area contributed by atoms with Crippen molar-refractivity contribution in [3.8, 4) is 0 Å². The zero-order valence-electron chi connectivity index (χ0n) is 8.55. The summed E-state index contributed by atoms with van der Waals surface area (Å²) in [5.41, 5.74) is 5.13. The molecule has 1 atom stereocenters. The molecule has 0 bridgehead atoms. The van der Waals surface area contributed by atoms with Gasteiger partial charge in [0.05, 0.1) is 12.5 Å². The van der Waals surface area contributed by atoms with Gasteiger partial charge in [-0.05, 0) is 0 Å². The van der Waals surface area contributed by atoms with Crippen LogP contribution in [0.15, 0.2) is 12.2 Å². The average Bonchev–Trinajstić information content (AvgIpc) is 2.68. The van der Waals surface area contributed by atoms with Crippen LogP contribution in [-0.4, -0.2) is 47.0 Å². The van der Waals surface area contributed by atoms with Crippen LogP contribution in [0.25, 0.3) is 0 Å². The first kappa shape index (κ1) is 13.2. The lowest BCUT2D eigenvalue weighted by Crippen LogP contribution is -2.47. The van der Waals surface area contributed by atoms with E-state index in [9.17, 15) is 4.79 Å². The van der Waals surface area contributed by atoms with Crippen LogP contribution in [0, 0.1) is 0 Å². The highest BCUT2D eigenvalue weighted by molar-refractivity contribution is 6.44. The van der Waals surface area contributed by atoms with E-state index in [0.717, 1.165) is 0 Å². The van der Waals surface area contributed by atoms with E-state index in [1.54, 1.807) is 12.2 Å². The molecule has 1 heterocycles. The van der Waals surface area contributed by atoms with Gasteiger partial charge < -0.3 is 20.7 Å². The standard InChI is InChI=1S/C6H11BN2O3.C2H6/c8-4-6(10)9-3-1-2-5(9)7(11)12;1-2/h1-2,5,11-12H,3-4,8H2;1-2H3. The summed E-state index contributed by atoms with van der Waals surface area (Å²) in [5.74, 6) is -0.917. The maximum absolute atomic E-state index is 11.1. The van der Waals surface area contributed by atoms with E-state index in [1.807, 2.05) is 13.8 Å². The maximum atomic E-state index is 11.1. The van der Waals surface area contributed by atoms with Gasteiger partial charge in [-0.15, -0.1) is 0 Å². The van der Waals surface area contributed by atoms with Crippen molar-refractivity contribution in [2.24, 2.45) is 5.73 Å². The van der Waals surface area contributed by atoms with E-state index in [-0.39, 0.29) is 12.5 Å². The molecule has 80 valence electrons. The molecule has 0 radical (unpaired) electrons. The monoisotopic (exact) mass is 200 g/mol. The normalized spacial score (nSPS) is 18.9. The number of carbonyl (C=O) groups is 1. The van der Waals surface area contributed by atoms with Crippen LogP contribution in [0.4, 0.5) is 0 Å². The largest absolute Gasteiger partial charge is 0.479 e. The third-order valence-electron chi connectivity index (χ3n) is 1.80. The SMILES string of the molecule is CC.NCC(=O)N1CC=CC1B(O)O. The lowest BCUT2D eigenvalue weighted by atomic mass is 9.79. The second kappa shape index (κ2) is 6.59. The Kier molecular flexibility index (Phi) is 6.19. The van der Waals surface area contributed by atoms with Crippen LogP contribution in [0.2, 0.25) is 0 Å². The van der Waals surface area contributed by atoms with Crippen molar-refractivity contribution < 1.29 is 14.8 Å². The quantitative estimate of drug-likeness (QED) is 0.384. The van der Waals surface area contributed by atoms with E-state index in [4.69, 9.17) is 15.8 Å². The van der Waals surface area contributed by atoms with Gasteiger partial charge in [-0.25, -0.2) is 0 Å². The van der Waals surface area contributed by atoms with Gasteiger partial charge in [0.15, 0.2) is 0 Å². The lowest BCUT2D eigenvalue weighted by molar-refractivity contribution is -0.129. The Morgan fingerprint density at radius 1 is 1.64 bits per heavy atom. The fraction of sp³-hybridized carbons (Fsp3) is 0.625. The summed E-state index contributed by atoms with van der Waals surface area (Å²) in [6.45, 7) is 4.29. The first-order valence-electron chi connectivity index (χ1n) is 4.69. The number of hydrogen-bond donors (Lipinski definition) is 3. The first-order chi connectivity index (χ1) is 6.66. The second-order valence-electron chi connectivity index (χ2n) is 2.58. The van der Waals surface area contributed by atoms with Crippen molar-refractivity contribution in [3.63, 3.8) is 0 Å². The fourth-order valence-corrected chi connectivity index (χ4v) is 1.19. The molecule has 0 aromatic rings. The molecular formula is C8H17BN2O3. The minimum atomic E-state index is -1.53. The summed E-state index contributed by atoms with van der Waals surface area (Å²) in [6.07, 6.45) is 3.29. The van der Waals surface area contributed by atoms with Gasteiger partial charge in [0.1, 0.15) is 0 Å². The topological polar surface area (TPSA) is 86.8 Å². The number of nitrogens with two attached hydrogens (primary N) is 1. The number of amides is 1. The van der Waals surface area contributed by atoms with Crippen LogP contribution in [0.1, 0.15) is 13.8 Å². The van der Waals surface area contributed by atoms with E-state index < -0.39 is 13.1 Å². The molecule has 0 aliphatic carbocycles. The van der Waals surface area contributed by atoms with Crippen molar-refractivity contribution in [1.82, 2.24) is 4.90 Å². The number of hydrogen-bond acceptors (Lipinski definition) is 4. The zero-order chi connectivity index (χ0) is 11.1. The lowest BCUT2D eigenvalue weighted by Gasteiger charge is -2.22. The minimum Gasteiger partial charge on any atom is -0.426 e. The molecule has 0 spiro atoms. The predicted octanol–water partition coefficient (Wildman–Crippen LogP) is -1.25. The Labute approximate surface area is 84.3 Å². The third-order valence-corrected chi connectivity index (χ3v) is 1.80. The van der Waals surface area contributed by atoms with E-state index in [1.165, 1.54) is 4.90 Å². The van der Waals surface area contributed by atoms with Gasteiger partial charge in [-0.2, -0.15) is 0 Å². The van der Waals surface area contributed by atoms with Gasteiger partial charge in [0.25, 0.3) is 0 Å². The Balaban J connectivity index is 0.000000791. The summed E-state index contributed by atoms with van der Waals surface area (Å²) >= 11 is 0. The van der Waals surface area contributed by atoms with Crippen LogP contribution in [0.5, 0.6) is 0 Å². The molecule has 5 nitrogen and oxygen atoms in total. The summed E-state index contributed by atoms with van der Waals surface area (Å²) in [6, 6.07) is 0. The summed E-state index contributed by atoms with van der Waals surface area (Å²) in [5, 5.41) is 17.7. The number of nitrogens with zero attached hydrogens (tertiary/aromatic N) is 1. The van der Waals surface area contributed by atoms with E-state index in [0.29, 0.717) is 6.54 Å². The van der Waals surface area contributed by atoms with Crippen LogP contribution >= 0.6 is 0 Å². The summed E-state index contributed by atoms with van der Waals surface area (Å²) < 4.78 is 0. The highest BCUT2D eigenvalue weighted by Gasteiger charge is 2.32. The number of rotatable bonds is 2. The Bertz CT molecular complexity index is 209. The van der Waals surface area contributed by atoms with Crippen LogP contribution in [0.3, 0.4) is 0 Å². The van der Waals surface area contributed by atoms with Crippen molar-refractivity contribution in [1.29, 1.82) is 0 Å². The molecule has 1 unspecified atom stereocenters. The van der Waals surface area contributed by atoms with Crippen molar-refractivity contribution >= 4 is 13.0 Å². The Morgan fingerprint density at radius 3 is 2.64 bits per heavy atom. The van der Waals surface area contributed by atoms with Gasteiger partial charge in [-0.3, -0.25) is 4.79 Å². The first-order valence-corrected chi connectivity index (χ1v) is 4.69. The maximum Gasteiger partial charge on any atom is 0.479 e. The highest BCUT2D eigenvalue weighted by Crippen LogP contribution is 2.09. The third kappa shape index (κ3) is 3.14. The summed E-state index contributed by atoms with van der Waals surface area (Å²) in [7, 11) is -1.53. The molecule has 0 aromatic heterocycles. The number of carbonyl (C=O) groups excluding carboxylic acids is 1. The minimum absolute atomic E-state index is 0.106. The molecule has 4 N–H and O–H groups in total. The molecule has 14 heavy (non-hydrogen) atoms. The molecule has 0 saturated carbocycles. The van der Waals surface area contributed by atoms with Crippen LogP contribution < -0.4 is 5.73 Å². The fourth-order valence-electron chi connectivity index (χ4n) is 1.19. The van der Waals surface area contributed by atoms with Gasteiger partial charge in [-0.1, -0.05) is 26.0 Å². The molecule has 6 heteroatoms. The van der Waals surface area contributed by atoms with Gasteiger partial charge >= 0.3 is 7.12 Å². The molecule has 0 aromatic carbocycles. The van der Waals surface area contributed by atoms with Gasteiger partial charge in [0, 0.05) is 6.54 Å². The molecule has 1 aliphatic heterocycles. The van der Waals surface area contributed by atoms with E-state index >= 15 is 0 Å². The average molecular weight is 200 g/mol. The van der Waals surface area contributed by atoms with Crippen molar-refractivity contribution in [2.75, 3.05) is 13.1 Å². The molecule has 0 fully saturated rings. The molecule has 0 saturated heterocycles. The summed E-state index contributed by atoms with van der Waals surface area (Å²) in [4.78, 5) is 12.4. The molecule has 1 amide bonds. The van der Waals surface area contributed by atoms with Crippen molar-refractivity contribution in [3.05, 3.63) is 12.2 Å². The zero-order valence-corrected chi connectivity index (χ0v) is 8.55. The molecular weight excluding hydrogens is 183 g/mol. The molecule has 1 aliphatic rings. The highest BCUT2D eigenvalue weighted by atomic mass is 16.4.